The van der Waals surface area contributed by atoms with E-state index >= 15 is 0 Å². The van der Waals surface area contributed by atoms with Crippen LogP contribution in [0.15, 0.2) is 58.3 Å². The van der Waals surface area contributed by atoms with Crippen molar-refractivity contribution in [3.05, 3.63) is 59.7 Å². The summed E-state index contributed by atoms with van der Waals surface area (Å²) in [6, 6.07) is 10.9. The van der Waals surface area contributed by atoms with Gasteiger partial charge in [-0.25, -0.2) is 14.4 Å². The molecular weight excluding hydrogens is 379 g/mol. The van der Waals surface area contributed by atoms with Gasteiger partial charge in [0.25, 0.3) is 0 Å². The maximum Gasteiger partial charge on any atom is 0.148 e. The van der Waals surface area contributed by atoms with Crippen LogP contribution in [0.3, 0.4) is 0 Å². The van der Waals surface area contributed by atoms with Crippen molar-refractivity contribution in [2.75, 3.05) is 23.4 Å². The number of fused-ring (bicyclic) bond motifs is 1. The van der Waals surface area contributed by atoms with Gasteiger partial charge in [-0.15, -0.1) is 0 Å². The predicted molar refractivity (Wildman–Crippen MR) is 120 cm³/mol. The lowest BCUT2D eigenvalue weighted by molar-refractivity contribution is 0.631. The number of pyridine rings is 2. The number of nitrogens with zero attached hydrogens (tertiary/aromatic N) is 5. The van der Waals surface area contributed by atoms with Crippen molar-refractivity contribution in [1.82, 2.24) is 9.97 Å². The molecule has 0 unspecified atom stereocenters. The number of nitrogens with one attached hydrogen (secondary N) is 1. The monoisotopic (exact) mass is 400 g/mol. The second kappa shape index (κ2) is 8.02. The summed E-state index contributed by atoms with van der Waals surface area (Å²) in [4.78, 5) is 13.4. The first kappa shape index (κ1) is 18.4. The minimum atomic E-state index is -0.345. The Balaban J connectivity index is 1.39. The van der Waals surface area contributed by atoms with Crippen LogP contribution in [-0.4, -0.2) is 35.5 Å². The van der Waals surface area contributed by atoms with Gasteiger partial charge in [-0.3, -0.25) is 10.0 Å². The molecule has 2 aliphatic rings. The highest BCUT2D eigenvalue weighted by atomic mass is 19.1. The molecule has 0 saturated heterocycles. The van der Waals surface area contributed by atoms with E-state index in [4.69, 9.17) is 4.98 Å². The van der Waals surface area contributed by atoms with Crippen LogP contribution < -0.4 is 10.3 Å². The molecule has 0 bridgehead atoms. The van der Waals surface area contributed by atoms with Gasteiger partial charge in [-0.05, 0) is 36.8 Å². The van der Waals surface area contributed by atoms with Crippen LogP contribution in [0.2, 0.25) is 0 Å². The number of anilines is 3. The van der Waals surface area contributed by atoms with Gasteiger partial charge in [-0.2, -0.15) is 5.10 Å². The molecule has 0 saturated carbocycles. The Bertz CT molecular complexity index is 1180. The summed E-state index contributed by atoms with van der Waals surface area (Å²) in [6.45, 7) is 1.61. The minimum Gasteiger partial charge on any atom is -0.338 e. The summed E-state index contributed by atoms with van der Waals surface area (Å²) in [5.41, 5.74) is 4.16. The zero-order valence-electron chi connectivity index (χ0n) is 16.4. The number of hydrogen-bond acceptors (Lipinski definition) is 6. The summed E-state index contributed by atoms with van der Waals surface area (Å²) in [5.74, 6) is 0.206. The van der Waals surface area contributed by atoms with E-state index < -0.39 is 0 Å². The molecule has 1 aromatic carbocycles. The molecule has 4 heterocycles. The Kier molecular flexibility index (Phi) is 4.93. The van der Waals surface area contributed by atoms with Crippen molar-refractivity contribution < 1.29 is 4.39 Å². The highest BCUT2D eigenvalue weighted by molar-refractivity contribution is 5.82. The van der Waals surface area contributed by atoms with Crippen molar-refractivity contribution in [3.63, 3.8) is 0 Å². The quantitative estimate of drug-likeness (QED) is 0.672. The zero-order chi connectivity index (χ0) is 20.3. The van der Waals surface area contributed by atoms with Gasteiger partial charge in [-0.1, -0.05) is 5.57 Å². The average Bonchev–Trinajstić information content (AvgIpc) is 3.31. The molecule has 0 amide bonds. The highest BCUT2D eigenvalue weighted by Crippen LogP contribution is 2.27. The number of hydrazone groups is 1. The standard InChI is InChI=1S/C23H21FN6/c24-20-13-19(30-11-1-8-27-30)4-5-21(20)29-23-14-22-17(15-26-23)2-3-18(28-22)12-16-6-9-25-10-7-16/h2-5,8-9,12-15H,1,6-7,10-11H2,(H,26,29)/b16-12-. The number of rotatable bonds is 4. The highest BCUT2D eigenvalue weighted by Gasteiger charge is 2.12. The van der Waals surface area contributed by atoms with Crippen molar-refractivity contribution in [3.8, 4) is 0 Å². The fraction of sp³-hybridized carbons (Fsp3) is 0.217. The first-order valence-electron chi connectivity index (χ1n) is 10.1. The van der Waals surface area contributed by atoms with Crippen LogP contribution >= 0.6 is 0 Å². The molecule has 0 radical (unpaired) electrons. The topological polar surface area (TPSA) is 65.8 Å². The van der Waals surface area contributed by atoms with Gasteiger partial charge in [0, 0.05) is 62.1 Å². The fourth-order valence-corrected chi connectivity index (χ4v) is 3.60. The maximum atomic E-state index is 14.6. The Morgan fingerprint density at radius 3 is 2.87 bits per heavy atom. The molecule has 0 atom stereocenters. The molecule has 2 aliphatic heterocycles. The summed E-state index contributed by atoms with van der Waals surface area (Å²) >= 11 is 0. The largest absolute Gasteiger partial charge is 0.338 e. The van der Waals surface area contributed by atoms with E-state index in [0.717, 1.165) is 54.6 Å². The van der Waals surface area contributed by atoms with E-state index in [0.29, 0.717) is 11.5 Å². The van der Waals surface area contributed by atoms with Gasteiger partial charge >= 0.3 is 0 Å². The van der Waals surface area contributed by atoms with Crippen molar-refractivity contribution in [1.29, 1.82) is 0 Å². The number of benzene rings is 1. The molecule has 0 aliphatic carbocycles. The van der Waals surface area contributed by atoms with Crippen LogP contribution in [0.25, 0.3) is 17.0 Å². The van der Waals surface area contributed by atoms with Crippen LogP contribution in [-0.2, 0) is 0 Å². The average molecular weight is 400 g/mol. The molecule has 1 N–H and O–H groups in total. The Labute approximate surface area is 173 Å². The summed E-state index contributed by atoms with van der Waals surface area (Å²) < 4.78 is 14.6. The van der Waals surface area contributed by atoms with Crippen molar-refractivity contribution in [2.24, 2.45) is 10.1 Å². The molecule has 30 heavy (non-hydrogen) atoms. The number of aliphatic imine (C=N–C) groups is 1. The lowest BCUT2D eigenvalue weighted by atomic mass is 10.1. The minimum absolute atomic E-state index is 0.345. The van der Waals surface area contributed by atoms with Crippen LogP contribution in [0.1, 0.15) is 25.0 Å². The first-order valence-corrected chi connectivity index (χ1v) is 10.1. The maximum absolute atomic E-state index is 14.6. The summed E-state index contributed by atoms with van der Waals surface area (Å²) in [5, 5.41) is 10.0. The van der Waals surface area contributed by atoms with E-state index in [9.17, 15) is 4.39 Å². The summed E-state index contributed by atoms with van der Waals surface area (Å²) in [7, 11) is 0. The molecule has 2 aromatic heterocycles. The van der Waals surface area contributed by atoms with E-state index in [-0.39, 0.29) is 5.82 Å². The lowest BCUT2D eigenvalue weighted by Gasteiger charge is -2.15. The third-order valence-electron chi connectivity index (χ3n) is 5.20. The SMILES string of the molecule is Fc1cc(N2CCC=N2)ccc1Nc1cc2nc(/C=C3/CC=NCC3)ccc2cn1. The molecule has 5 rings (SSSR count). The smallest absolute Gasteiger partial charge is 0.148 e. The molecular formula is C23H21FN6. The fourth-order valence-electron chi connectivity index (χ4n) is 3.60. The molecule has 150 valence electrons. The molecule has 0 fully saturated rings. The lowest BCUT2D eigenvalue weighted by Crippen LogP contribution is -2.12. The third kappa shape index (κ3) is 3.91. The van der Waals surface area contributed by atoms with E-state index in [1.165, 1.54) is 11.6 Å². The van der Waals surface area contributed by atoms with Gasteiger partial charge in [0.15, 0.2) is 0 Å². The van der Waals surface area contributed by atoms with E-state index in [1.807, 2.05) is 36.7 Å². The zero-order valence-corrected chi connectivity index (χ0v) is 16.4. The normalized spacial score (nSPS) is 17.2. The second-order valence-corrected chi connectivity index (χ2v) is 7.34. The van der Waals surface area contributed by atoms with Crippen LogP contribution in [0, 0.1) is 5.82 Å². The molecule has 6 nitrogen and oxygen atoms in total. The Morgan fingerprint density at radius 1 is 1.10 bits per heavy atom. The first-order chi connectivity index (χ1) is 14.7. The van der Waals surface area contributed by atoms with Crippen LogP contribution in [0.4, 0.5) is 21.6 Å². The predicted octanol–water partition coefficient (Wildman–Crippen LogP) is 4.96. The number of hydrogen-bond donors (Lipinski definition) is 1. The van der Waals surface area contributed by atoms with E-state index in [1.54, 1.807) is 17.3 Å². The Hall–Kier alpha value is -3.61. The second-order valence-electron chi connectivity index (χ2n) is 7.34. The number of halogens is 1. The molecule has 0 spiro atoms. The van der Waals surface area contributed by atoms with Crippen molar-refractivity contribution in [2.45, 2.75) is 19.3 Å². The van der Waals surface area contributed by atoms with Gasteiger partial charge in [0.1, 0.15) is 11.6 Å². The summed E-state index contributed by atoms with van der Waals surface area (Å²) in [6.07, 6.45) is 10.4. The van der Waals surface area contributed by atoms with Gasteiger partial charge in [0.2, 0.25) is 0 Å². The Morgan fingerprint density at radius 2 is 2.07 bits per heavy atom. The third-order valence-corrected chi connectivity index (χ3v) is 5.20. The van der Waals surface area contributed by atoms with Crippen LogP contribution in [0.5, 0.6) is 0 Å². The van der Waals surface area contributed by atoms with Gasteiger partial charge in [0.05, 0.1) is 22.6 Å². The van der Waals surface area contributed by atoms with E-state index in [2.05, 4.69) is 26.5 Å². The van der Waals surface area contributed by atoms with Crippen molar-refractivity contribution >= 4 is 46.6 Å². The number of aromatic nitrogens is 2. The molecule has 3 aromatic rings. The molecule has 7 heteroatoms. The van der Waals surface area contributed by atoms with Gasteiger partial charge < -0.3 is 5.32 Å².